The minimum Gasteiger partial charge on any atom is -0.339 e. The van der Waals surface area contributed by atoms with Gasteiger partial charge in [-0.1, -0.05) is 11.2 Å². The lowest BCUT2D eigenvalue weighted by Crippen LogP contribution is -2.32. The molecular formula is C18H19N5O2. The Balaban J connectivity index is 1.34. The van der Waals surface area contributed by atoms with Crippen LogP contribution in [0.5, 0.6) is 0 Å². The average molecular weight is 337 g/mol. The molecule has 4 heterocycles. The Morgan fingerprint density at radius 3 is 3.00 bits per heavy atom. The summed E-state index contributed by atoms with van der Waals surface area (Å²) in [5, 5.41) is 4.13. The van der Waals surface area contributed by atoms with Gasteiger partial charge < -0.3 is 13.8 Å². The summed E-state index contributed by atoms with van der Waals surface area (Å²) in [6.07, 6.45) is 8.26. The molecule has 0 aromatic carbocycles. The van der Waals surface area contributed by atoms with E-state index in [0.717, 1.165) is 49.5 Å². The van der Waals surface area contributed by atoms with E-state index in [2.05, 4.69) is 15.1 Å². The van der Waals surface area contributed by atoms with E-state index in [1.807, 2.05) is 39.9 Å². The van der Waals surface area contributed by atoms with Crippen molar-refractivity contribution in [2.24, 2.45) is 0 Å². The predicted octanol–water partition coefficient (Wildman–Crippen LogP) is 2.50. The summed E-state index contributed by atoms with van der Waals surface area (Å²) in [6, 6.07) is 5.76. The van der Waals surface area contributed by atoms with Crippen LogP contribution in [0.2, 0.25) is 0 Å². The van der Waals surface area contributed by atoms with Crippen LogP contribution in [0.4, 0.5) is 0 Å². The van der Waals surface area contributed by atoms with Crippen molar-refractivity contribution in [3.63, 3.8) is 0 Å². The van der Waals surface area contributed by atoms with Gasteiger partial charge in [0.2, 0.25) is 11.8 Å². The molecule has 3 aromatic heterocycles. The molecule has 2 fully saturated rings. The normalized spacial score (nSPS) is 20.5. The quantitative estimate of drug-likeness (QED) is 0.731. The summed E-state index contributed by atoms with van der Waals surface area (Å²) in [4.78, 5) is 23.8. The zero-order chi connectivity index (χ0) is 16.8. The third-order valence-electron chi connectivity index (χ3n) is 5.00. The van der Waals surface area contributed by atoms with E-state index in [9.17, 15) is 4.79 Å². The fraction of sp³-hybridized carbons (Fsp3) is 0.444. The molecule has 2 aliphatic rings. The van der Waals surface area contributed by atoms with Crippen LogP contribution in [-0.2, 0) is 11.2 Å². The minimum atomic E-state index is -0.0687. The highest BCUT2D eigenvalue weighted by atomic mass is 16.5. The standard InChI is InChI=1S/C18H19N5O2/c24-16(10-13-11-22-8-2-1-5-15(22)19-13)23-9-3-4-14(23)17-20-18(25-21-17)12-6-7-12/h1-2,5,8,11-12,14H,3-4,6-7,9-10H2/t14-/m1/s1. The average Bonchev–Trinajstić information content (AvgIpc) is 3.04. The Morgan fingerprint density at radius 1 is 1.24 bits per heavy atom. The third kappa shape index (κ3) is 2.69. The maximum absolute atomic E-state index is 12.8. The smallest absolute Gasteiger partial charge is 0.229 e. The number of carbonyl (C=O) groups is 1. The van der Waals surface area contributed by atoms with Gasteiger partial charge >= 0.3 is 0 Å². The molecule has 0 unspecified atom stereocenters. The van der Waals surface area contributed by atoms with Crippen molar-refractivity contribution in [2.75, 3.05) is 6.54 Å². The maximum atomic E-state index is 12.8. The third-order valence-corrected chi connectivity index (χ3v) is 5.00. The van der Waals surface area contributed by atoms with Crippen LogP contribution < -0.4 is 0 Å². The number of hydrogen-bond acceptors (Lipinski definition) is 5. The molecule has 1 saturated heterocycles. The van der Waals surface area contributed by atoms with E-state index in [4.69, 9.17) is 4.52 Å². The minimum absolute atomic E-state index is 0.0687. The summed E-state index contributed by atoms with van der Waals surface area (Å²) in [5.74, 6) is 1.89. The van der Waals surface area contributed by atoms with Crippen molar-refractivity contribution in [3.8, 4) is 0 Å². The molecule has 7 heteroatoms. The molecular weight excluding hydrogens is 318 g/mol. The molecule has 0 bridgehead atoms. The van der Waals surface area contributed by atoms with Crippen LogP contribution in [-0.4, -0.2) is 36.9 Å². The Bertz CT molecular complexity index is 893. The van der Waals surface area contributed by atoms with E-state index in [-0.39, 0.29) is 11.9 Å². The summed E-state index contributed by atoms with van der Waals surface area (Å²) in [7, 11) is 0. The van der Waals surface area contributed by atoms with E-state index in [1.54, 1.807) is 0 Å². The number of nitrogens with zero attached hydrogens (tertiary/aromatic N) is 5. The first-order valence-corrected chi connectivity index (χ1v) is 8.83. The summed E-state index contributed by atoms with van der Waals surface area (Å²) in [5.41, 5.74) is 1.64. The molecule has 25 heavy (non-hydrogen) atoms. The molecule has 0 spiro atoms. The van der Waals surface area contributed by atoms with E-state index in [1.165, 1.54) is 0 Å². The van der Waals surface area contributed by atoms with Crippen molar-refractivity contribution < 1.29 is 9.32 Å². The molecule has 1 aliphatic carbocycles. The molecule has 1 atom stereocenters. The molecule has 3 aromatic rings. The van der Waals surface area contributed by atoms with Crippen LogP contribution >= 0.6 is 0 Å². The molecule has 1 saturated carbocycles. The second-order valence-corrected chi connectivity index (χ2v) is 6.89. The molecule has 1 aliphatic heterocycles. The van der Waals surface area contributed by atoms with Crippen molar-refractivity contribution in [1.82, 2.24) is 24.4 Å². The zero-order valence-electron chi connectivity index (χ0n) is 13.8. The molecule has 5 rings (SSSR count). The van der Waals surface area contributed by atoms with E-state index < -0.39 is 0 Å². The predicted molar refractivity (Wildman–Crippen MR) is 88.9 cm³/mol. The Morgan fingerprint density at radius 2 is 2.16 bits per heavy atom. The number of carbonyl (C=O) groups excluding carboxylic acids is 1. The van der Waals surface area contributed by atoms with Crippen LogP contribution in [0.3, 0.4) is 0 Å². The largest absolute Gasteiger partial charge is 0.339 e. The molecule has 128 valence electrons. The number of rotatable bonds is 4. The van der Waals surface area contributed by atoms with Gasteiger partial charge in [-0.05, 0) is 37.8 Å². The highest BCUT2D eigenvalue weighted by molar-refractivity contribution is 5.79. The lowest BCUT2D eigenvalue weighted by atomic mass is 10.2. The summed E-state index contributed by atoms with van der Waals surface area (Å²) in [6.45, 7) is 0.740. The van der Waals surface area contributed by atoms with Gasteiger partial charge in [0.1, 0.15) is 5.65 Å². The molecule has 7 nitrogen and oxygen atoms in total. The first kappa shape index (κ1) is 14.6. The number of likely N-dealkylation sites (tertiary alicyclic amines) is 1. The molecule has 1 amide bonds. The van der Waals surface area contributed by atoms with Gasteiger partial charge in [0.05, 0.1) is 18.2 Å². The summed E-state index contributed by atoms with van der Waals surface area (Å²) < 4.78 is 7.31. The number of imidazole rings is 1. The van der Waals surface area contributed by atoms with Crippen LogP contribution in [0.25, 0.3) is 5.65 Å². The number of aromatic nitrogens is 4. The molecule has 0 N–H and O–H groups in total. The van der Waals surface area contributed by atoms with Gasteiger partial charge in [-0.25, -0.2) is 4.98 Å². The number of amides is 1. The Hall–Kier alpha value is -2.70. The van der Waals surface area contributed by atoms with Crippen molar-refractivity contribution in [3.05, 3.63) is 48.0 Å². The van der Waals surface area contributed by atoms with Gasteiger partial charge in [-0.2, -0.15) is 4.98 Å². The Kier molecular flexibility index (Phi) is 3.33. The van der Waals surface area contributed by atoms with Crippen molar-refractivity contribution in [1.29, 1.82) is 0 Å². The molecule has 0 radical (unpaired) electrons. The number of pyridine rings is 1. The van der Waals surface area contributed by atoms with Crippen molar-refractivity contribution >= 4 is 11.6 Å². The zero-order valence-corrected chi connectivity index (χ0v) is 13.8. The highest BCUT2D eigenvalue weighted by Gasteiger charge is 2.36. The van der Waals surface area contributed by atoms with Gasteiger partial charge in [-0.15, -0.1) is 0 Å². The first-order valence-electron chi connectivity index (χ1n) is 8.83. The van der Waals surface area contributed by atoms with Gasteiger partial charge in [0, 0.05) is 24.9 Å². The highest BCUT2D eigenvalue weighted by Crippen LogP contribution is 2.40. The summed E-state index contributed by atoms with van der Waals surface area (Å²) >= 11 is 0. The van der Waals surface area contributed by atoms with Crippen LogP contribution in [0.15, 0.2) is 35.1 Å². The fourth-order valence-corrected chi connectivity index (χ4v) is 3.54. The second-order valence-electron chi connectivity index (χ2n) is 6.89. The van der Waals surface area contributed by atoms with Crippen LogP contribution in [0.1, 0.15) is 55.1 Å². The maximum Gasteiger partial charge on any atom is 0.229 e. The second kappa shape index (κ2) is 5.68. The first-order chi connectivity index (χ1) is 12.3. The van der Waals surface area contributed by atoms with E-state index in [0.29, 0.717) is 18.2 Å². The fourth-order valence-electron chi connectivity index (χ4n) is 3.54. The van der Waals surface area contributed by atoms with Gasteiger partial charge in [-0.3, -0.25) is 4.79 Å². The monoisotopic (exact) mass is 337 g/mol. The Labute approximate surface area is 144 Å². The van der Waals surface area contributed by atoms with E-state index >= 15 is 0 Å². The lowest BCUT2D eigenvalue weighted by molar-refractivity contribution is -0.131. The number of hydrogen-bond donors (Lipinski definition) is 0. The SMILES string of the molecule is O=C(Cc1cn2ccccc2n1)N1CCC[C@@H]1c1noc(C2CC2)n1. The number of fused-ring (bicyclic) bond motifs is 1. The van der Waals surface area contributed by atoms with Gasteiger partial charge in [0.15, 0.2) is 5.82 Å². The lowest BCUT2D eigenvalue weighted by Gasteiger charge is -2.21. The van der Waals surface area contributed by atoms with Gasteiger partial charge in [0.25, 0.3) is 0 Å². The van der Waals surface area contributed by atoms with Crippen molar-refractivity contribution in [2.45, 2.75) is 44.1 Å². The topological polar surface area (TPSA) is 76.5 Å². The van der Waals surface area contributed by atoms with Crippen LogP contribution in [0, 0.1) is 0 Å².